The van der Waals surface area contributed by atoms with Gasteiger partial charge in [-0.15, -0.1) is 0 Å². The highest BCUT2D eigenvalue weighted by Crippen LogP contribution is 2.77. The number of fused-ring (bicyclic) bond motifs is 2. The molecule has 4 fully saturated rings. The van der Waals surface area contributed by atoms with E-state index in [-0.39, 0.29) is 60.1 Å². The first-order valence-corrected chi connectivity index (χ1v) is 10.4. The van der Waals surface area contributed by atoms with E-state index < -0.39 is 6.09 Å². The molecule has 0 aromatic carbocycles. The Kier molecular flexibility index (Phi) is 5.01. The smallest absolute Gasteiger partial charge is 0.407 e. The molecule has 0 aromatic rings. The summed E-state index contributed by atoms with van der Waals surface area (Å²) in [4.78, 5) is 12.4. The third-order valence-electron chi connectivity index (χ3n) is 7.03. The van der Waals surface area contributed by atoms with Crippen molar-refractivity contribution in [3.05, 3.63) is 11.6 Å². The molecule has 4 rings (SSSR count). The van der Waals surface area contributed by atoms with Gasteiger partial charge in [0.1, 0.15) is 29.5 Å². The molecule has 0 aromatic heterocycles. The van der Waals surface area contributed by atoms with Gasteiger partial charge >= 0.3 is 6.09 Å². The van der Waals surface area contributed by atoms with Gasteiger partial charge in [-0.25, -0.2) is 4.79 Å². The number of allylic oxidation sites excluding steroid dienone is 1. The summed E-state index contributed by atoms with van der Waals surface area (Å²) in [5, 5.41) is 12.2. The number of nitrogens with one attached hydrogen (secondary N) is 1. The molecule has 2 aliphatic carbocycles. The molecule has 0 radical (unpaired) electrons. The van der Waals surface area contributed by atoms with Crippen LogP contribution in [0.1, 0.15) is 47.0 Å². The number of carbonyl (C=O) groups is 1. The quantitative estimate of drug-likeness (QED) is 0.507. The van der Waals surface area contributed by atoms with E-state index in [1.54, 1.807) is 7.11 Å². The van der Waals surface area contributed by atoms with Gasteiger partial charge in [-0.3, -0.25) is 0 Å². The van der Waals surface area contributed by atoms with E-state index in [9.17, 15) is 9.90 Å². The van der Waals surface area contributed by atoms with Crippen LogP contribution >= 0.6 is 0 Å². The lowest BCUT2D eigenvalue weighted by molar-refractivity contribution is -0.133. The van der Waals surface area contributed by atoms with Crippen molar-refractivity contribution in [2.24, 2.45) is 11.8 Å². The van der Waals surface area contributed by atoms with Crippen LogP contribution in [0.5, 0.6) is 0 Å². The highest BCUT2D eigenvalue weighted by Gasteiger charge is 2.94. The first-order chi connectivity index (χ1) is 13.3. The van der Waals surface area contributed by atoms with Gasteiger partial charge in [0.05, 0.1) is 24.7 Å². The molecule has 5 unspecified atom stereocenters. The molecule has 8 atom stereocenters. The summed E-state index contributed by atoms with van der Waals surface area (Å²) in [5.41, 5.74) is 0.847. The Morgan fingerprint density at radius 3 is 2.71 bits per heavy atom. The van der Waals surface area contributed by atoms with E-state index in [0.717, 1.165) is 12.8 Å². The van der Waals surface area contributed by atoms with Crippen LogP contribution in [0, 0.1) is 11.8 Å². The number of ether oxygens (including phenoxy) is 4. The van der Waals surface area contributed by atoms with Crippen molar-refractivity contribution >= 4 is 6.09 Å². The number of epoxide rings is 2. The fraction of sp³-hybridized carbons (Fsp3) is 0.857. The molecule has 2 aliphatic heterocycles. The van der Waals surface area contributed by atoms with E-state index in [1.807, 2.05) is 13.8 Å². The topological polar surface area (TPSA) is 92.9 Å². The average Bonchev–Trinajstić information content (AvgIpc) is 3.52. The zero-order chi connectivity index (χ0) is 20.3. The molecule has 2 N–H and O–H groups in total. The molecule has 4 aliphatic rings. The molecule has 2 saturated carbocycles. The Hall–Kier alpha value is -1.15. The first kappa shape index (κ1) is 20.1. The number of hydrogen-bond donors (Lipinski definition) is 2. The number of amides is 1. The second kappa shape index (κ2) is 6.97. The van der Waals surface area contributed by atoms with Crippen molar-refractivity contribution in [1.82, 2.24) is 5.32 Å². The molecular weight excluding hydrogens is 362 g/mol. The highest BCUT2D eigenvalue weighted by atomic mass is 16.7. The van der Waals surface area contributed by atoms with Crippen LogP contribution in [0.25, 0.3) is 0 Å². The van der Waals surface area contributed by atoms with Crippen LogP contribution in [-0.2, 0) is 18.9 Å². The van der Waals surface area contributed by atoms with E-state index in [2.05, 4.69) is 25.2 Å². The number of methoxy groups -OCH3 is 1. The van der Waals surface area contributed by atoms with Gasteiger partial charge < -0.3 is 29.4 Å². The summed E-state index contributed by atoms with van der Waals surface area (Å²) in [7, 11) is 1.67. The van der Waals surface area contributed by atoms with Crippen molar-refractivity contribution in [3.63, 3.8) is 0 Å². The van der Waals surface area contributed by atoms with Gasteiger partial charge in [0.25, 0.3) is 0 Å². The summed E-state index contributed by atoms with van der Waals surface area (Å²) in [6.07, 6.45) is 3.86. The number of carbonyl (C=O) groups excluding carboxylic acids is 1. The van der Waals surface area contributed by atoms with Gasteiger partial charge in [-0.1, -0.05) is 25.5 Å². The zero-order valence-electron chi connectivity index (χ0n) is 17.4. The van der Waals surface area contributed by atoms with E-state index in [0.29, 0.717) is 6.42 Å². The largest absolute Gasteiger partial charge is 0.443 e. The van der Waals surface area contributed by atoms with Gasteiger partial charge in [0.15, 0.2) is 0 Å². The van der Waals surface area contributed by atoms with Crippen LogP contribution in [0.4, 0.5) is 4.79 Å². The maximum absolute atomic E-state index is 12.4. The second-order valence-corrected chi connectivity index (χ2v) is 9.27. The van der Waals surface area contributed by atoms with Crippen LogP contribution in [0.15, 0.2) is 11.6 Å². The Morgan fingerprint density at radius 2 is 2.11 bits per heavy atom. The third kappa shape index (κ3) is 2.90. The maximum atomic E-state index is 12.4. The number of aliphatic hydroxyl groups excluding tert-OH is 1. The van der Waals surface area contributed by atoms with Gasteiger partial charge in [-0.2, -0.15) is 0 Å². The summed E-state index contributed by atoms with van der Waals surface area (Å²) >= 11 is 0. The molecule has 1 amide bonds. The van der Waals surface area contributed by atoms with E-state index in [4.69, 9.17) is 18.9 Å². The first-order valence-electron chi connectivity index (χ1n) is 10.4. The van der Waals surface area contributed by atoms with Crippen LogP contribution < -0.4 is 5.32 Å². The SMILES string of the molecule is COC1C(OC(=O)N[C@@H](CO)C(C)C)CC[C@]23OC2C2(O[C@@H]2CC=C(C)C)C13. The molecule has 2 saturated heterocycles. The lowest BCUT2D eigenvalue weighted by atomic mass is 9.55. The molecule has 2 spiro atoms. The molecule has 7 heteroatoms. The molecule has 158 valence electrons. The minimum absolute atomic E-state index is 0.0934. The Labute approximate surface area is 166 Å². The molecule has 7 nitrogen and oxygen atoms in total. The van der Waals surface area contributed by atoms with Crippen LogP contribution in [0.3, 0.4) is 0 Å². The van der Waals surface area contributed by atoms with Gasteiger partial charge in [0.2, 0.25) is 0 Å². The number of aliphatic hydroxyl groups is 1. The summed E-state index contributed by atoms with van der Waals surface area (Å²) in [6, 6.07) is -0.324. The maximum Gasteiger partial charge on any atom is 0.407 e. The summed E-state index contributed by atoms with van der Waals surface area (Å²) in [6.45, 7) is 7.96. The molecular formula is C21H33NO6. The van der Waals surface area contributed by atoms with Crippen molar-refractivity contribution in [2.45, 2.75) is 88.6 Å². The number of alkyl carbamates (subject to hydrolysis) is 1. The van der Waals surface area contributed by atoms with Gasteiger partial charge in [-0.05, 0) is 39.0 Å². The molecule has 2 heterocycles. The minimum Gasteiger partial charge on any atom is -0.443 e. The number of hydrogen-bond acceptors (Lipinski definition) is 6. The van der Waals surface area contributed by atoms with Crippen molar-refractivity contribution in [3.8, 4) is 0 Å². The average molecular weight is 395 g/mol. The Morgan fingerprint density at radius 1 is 1.36 bits per heavy atom. The normalized spacial score (nSPS) is 43.5. The Bertz CT molecular complexity index is 661. The van der Waals surface area contributed by atoms with Crippen LogP contribution in [-0.4, -0.2) is 66.6 Å². The third-order valence-corrected chi connectivity index (χ3v) is 7.03. The predicted molar refractivity (Wildman–Crippen MR) is 102 cm³/mol. The lowest BCUT2D eigenvalue weighted by Gasteiger charge is -2.48. The predicted octanol–water partition coefficient (Wildman–Crippen LogP) is 2.17. The van der Waals surface area contributed by atoms with Crippen LogP contribution in [0.2, 0.25) is 0 Å². The van der Waals surface area contributed by atoms with E-state index >= 15 is 0 Å². The fourth-order valence-corrected chi connectivity index (χ4v) is 5.42. The summed E-state index contributed by atoms with van der Waals surface area (Å²) in [5.74, 6) is 0.215. The zero-order valence-corrected chi connectivity index (χ0v) is 17.4. The number of rotatable bonds is 7. The standard InChI is InChI=1S/C21H33NO6/c1-11(2)6-7-15-21(27-15)17-16(25-5)14(8-9-20(17)18(21)28-20)26-19(24)22-13(10-23)12(3)4/h6,12-18,23H,7-10H2,1-5H3,(H,22,24)/t13-,14?,15+,16?,17?,18?,20+,21?/m0/s1. The van der Waals surface area contributed by atoms with Gasteiger partial charge in [0, 0.05) is 7.11 Å². The lowest BCUT2D eigenvalue weighted by Crippen LogP contribution is -2.66. The fourth-order valence-electron chi connectivity index (χ4n) is 5.42. The minimum atomic E-state index is -0.504. The van der Waals surface area contributed by atoms with E-state index in [1.165, 1.54) is 5.57 Å². The van der Waals surface area contributed by atoms with Crippen molar-refractivity contribution in [1.29, 1.82) is 0 Å². The highest BCUT2D eigenvalue weighted by molar-refractivity contribution is 5.68. The summed E-state index contributed by atoms with van der Waals surface area (Å²) < 4.78 is 23.9. The van der Waals surface area contributed by atoms with Crippen molar-refractivity contribution < 1.29 is 28.8 Å². The molecule has 0 bridgehead atoms. The Balaban J connectivity index is 1.42. The van der Waals surface area contributed by atoms with Crippen molar-refractivity contribution in [2.75, 3.05) is 13.7 Å². The second-order valence-electron chi connectivity index (χ2n) is 9.27. The monoisotopic (exact) mass is 395 g/mol. The molecule has 28 heavy (non-hydrogen) atoms.